The Hall–Kier alpha value is -1.86. The van der Waals surface area contributed by atoms with Gasteiger partial charge in [0.05, 0.1) is 7.11 Å². The van der Waals surface area contributed by atoms with Crippen molar-refractivity contribution in [2.45, 2.75) is 32.3 Å². The zero-order valence-electron chi connectivity index (χ0n) is 14.0. The highest BCUT2D eigenvalue weighted by molar-refractivity contribution is 7.49. The lowest BCUT2D eigenvalue weighted by Gasteiger charge is -2.31. The molecule has 0 radical (unpaired) electrons. The summed E-state index contributed by atoms with van der Waals surface area (Å²) >= 11 is 0. The van der Waals surface area contributed by atoms with Gasteiger partial charge in [-0.3, -0.25) is 4.79 Å². The van der Waals surface area contributed by atoms with E-state index in [-0.39, 0.29) is 10.9 Å². The Kier molecular flexibility index (Phi) is 5.43. The van der Waals surface area contributed by atoms with Gasteiger partial charge < -0.3 is 9.84 Å². The first-order chi connectivity index (χ1) is 11.0. The van der Waals surface area contributed by atoms with Crippen LogP contribution in [-0.4, -0.2) is 18.5 Å². The Morgan fingerprint density at radius 3 is 2.57 bits per heavy atom. The summed E-state index contributed by atoms with van der Waals surface area (Å²) in [5.74, 6) is 0.667. The van der Waals surface area contributed by atoms with Gasteiger partial charge in [0.25, 0.3) is 0 Å². The van der Waals surface area contributed by atoms with Gasteiger partial charge in [-0.15, -0.1) is 0 Å². The van der Waals surface area contributed by atoms with Crippen LogP contribution in [0.25, 0.3) is 0 Å². The van der Waals surface area contributed by atoms with Crippen LogP contribution in [0.4, 0.5) is 0 Å². The number of hydrogen-bond donors (Lipinski definition) is 1. The Labute approximate surface area is 139 Å². The molecule has 0 aliphatic carbocycles. The van der Waals surface area contributed by atoms with E-state index in [1.54, 1.807) is 13.2 Å². The van der Waals surface area contributed by atoms with E-state index in [9.17, 15) is 9.90 Å². The molecule has 23 heavy (non-hydrogen) atoms. The summed E-state index contributed by atoms with van der Waals surface area (Å²) < 4.78 is 5.24. The lowest BCUT2D eigenvalue weighted by atomic mass is 9.96. The van der Waals surface area contributed by atoms with Crippen molar-refractivity contribution in [3.8, 4) is 11.5 Å². The maximum Gasteiger partial charge on any atom is 0.161 e. The van der Waals surface area contributed by atoms with Gasteiger partial charge in [-0.2, -0.15) is 0 Å². The Morgan fingerprint density at radius 2 is 1.96 bits per heavy atom. The predicted molar refractivity (Wildman–Crippen MR) is 96.8 cm³/mol. The van der Waals surface area contributed by atoms with Gasteiger partial charge in [0, 0.05) is 16.3 Å². The van der Waals surface area contributed by atoms with Crippen LogP contribution in [0.5, 0.6) is 11.5 Å². The second-order valence-electron chi connectivity index (χ2n) is 5.82. The molecule has 1 N–H and O–H groups in total. The van der Waals surface area contributed by atoms with E-state index in [0.717, 1.165) is 34.7 Å². The number of phenolic OH excluding ortho intramolecular Hbond substituents is 1. The Balaban J connectivity index is 2.53. The maximum atomic E-state index is 11.4. The molecule has 0 saturated carbocycles. The third kappa shape index (κ3) is 3.40. The van der Waals surface area contributed by atoms with Gasteiger partial charge in [-0.05, 0) is 30.3 Å². The molecular formula is C19H23O3P. The SMILES string of the molecule is CCC(C)(Pc1c(C)cccc1C=O)c1cccc(OC)c1O. The topological polar surface area (TPSA) is 46.5 Å². The van der Waals surface area contributed by atoms with Gasteiger partial charge >= 0.3 is 0 Å². The number of benzene rings is 2. The highest BCUT2D eigenvalue weighted by Crippen LogP contribution is 2.49. The van der Waals surface area contributed by atoms with Crippen molar-refractivity contribution in [1.29, 1.82) is 0 Å². The highest BCUT2D eigenvalue weighted by Gasteiger charge is 2.30. The molecule has 2 atom stereocenters. The lowest BCUT2D eigenvalue weighted by Crippen LogP contribution is -2.21. The minimum atomic E-state index is -0.261. The fourth-order valence-electron chi connectivity index (χ4n) is 2.71. The third-order valence-corrected chi connectivity index (χ3v) is 6.46. The molecule has 4 heteroatoms. The first kappa shape index (κ1) is 17.5. The van der Waals surface area contributed by atoms with Crippen molar-refractivity contribution in [2.24, 2.45) is 0 Å². The standard InChI is InChI=1S/C19H23O3P/c1-5-19(3,15-10-7-11-16(22-4)17(15)21)23-18-13(2)8-6-9-14(18)12-20/h6-12,21,23H,5H2,1-4H3. The number of rotatable bonds is 6. The van der Waals surface area contributed by atoms with E-state index in [0.29, 0.717) is 14.3 Å². The van der Waals surface area contributed by atoms with Gasteiger partial charge in [-0.1, -0.05) is 52.8 Å². The number of carbonyl (C=O) groups excluding carboxylic acids is 1. The number of methoxy groups -OCH3 is 1. The summed E-state index contributed by atoms with van der Waals surface area (Å²) in [6.45, 7) is 6.25. The molecule has 0 aliphatic heterocycles. The minimum Gasteiger partial charge on any atom is -0.504 e. The molecule has 2 aromatic carbocycles. The average Bonchev–Trinajstić information content (AvgIpc) is 2.56. The average molecular weight is 330 g/mol. The summed E-state index contributed by atoms with van der Waals surface area (Å²) in [6, 6.07) is 11.4. The van der Waals surface area contributed by atoms with Crippen molar-refractivity contribution in [1.82, 2.24) is 0 Å². The molecule has 0 spiro atoms. The number of aromatic hydroxyl groups is 1. The van der Waals surface area contributed by atoms with Crippen LogP contribution in [0.15, 0.2) is 36.4 Å². The van der Waals surface area contributed by atoms with Gasteiger partial charge in [-0.25, -0.2) is 0 Å². The molecule has 0 amide bonds. The number of para-hydroxylation sites is 1. The molecule has 2 rings (SSSR count). The van der Waals surface area contributed by atoms with E-state index in [4.69, 9.17) is 4.74 Å². The van der Waals surface area contributed by atoms with E-state index in [2.05, 4.69) is 13.8 Å². The summed E-state index contributed by atoms with van der Waals surface area (Å²) in [7, 11) is 1.93. The second kappa shape index (κ2) is 7.14. The molecule has 0 aliphatic rings. The van der Waals surface area contributed by atoms with Crippen molar-refractivity contribution < 1.29 is 14.6 Å². The van der Waals surface area contributed by atoms with Gasteiger partial charge in [0.1, 0.15) is 0 Å². The van der Waals surface area contributed by atoms with Gasteiger partial charge in [0.2, 0.25) is 0 Å². The van der Waals surface area contributed by atoms with E-state index in [1.165, 1.54) is 0 Å². The largest absolute Gasteiger partial charge is 0.504 e. The van der Waals surface area contributed by atoms with Crippen molar-refractivity contribution in [3.63, 3.8) is 0 Å². The molecule has 0 bridgehead atoms. The maximum absolute atomic E-state index is 11.4. The van der Waals surface area contributed by atoms with Crippen LogP contribution in [0.3, 0.4) is 0 Å². The van der Waals surface area contributed by atoms with Crippen molar-refractivity contribution in [3.05, 3.63) is 53.1 Å². The zero-order chi connectivity index (χ0) is 17.0. The zero-order valence-corrected chi connectivity index (χ0v) is 15.0. The van der Waals surface area contributed by atoms with Crippen molar-refractivity contribution in [2.75, 3.05) is 7.11 Å². The monoisotopic (exact) mass is 330 g/mol. The van der Waals surface area contributed by atoms with Gasteiger partial charge in [0.15, 0.2) is 17.8 Å². The fourth-order valence-corrected chi connectivity index (χ4v) is 4.35. The summed E-state index contributed by atoms with van der Waals surface area (Å²) in [6.07, 6.45) is 1.76. The van der Waals surface area contributed by atoms with E-state index < -0.39 is 0 Å². The van der Waals surface area contributed by atoms with E-state index >= 15 is 0 Å². The quantitative estimate of drug-likeness (QED) is 0.639. The molecule has 2 aromatic rings. The number of ether oxygens (including phenoxy) is 1. The summed E-state index contributed by atoms with van der Waals surface area (Å²) in [4.78, 5) is 11.4. The molecule has 0 heterocycles. The van der Waals surface area contributed by atoms with Crippen molar-refractivity contribution >= 4 is 20.2 Å². The molecular weight excluding hydrogens is 307 g/mol. The molecule has 0 fully saturated rings. The fraction of sp³-hybridized carbons (Fsp3) is 0.316. The number of aldehydes is 1. The third-order valence-electron chi connectivity index (χ3n) is 4.35. The molecule has 2 unspecified atom stereocenters. The molecule has 122 valence electrons. The predicted octanol–water partition coefficient (Wildman–Crippen LogP) is 4.15. The number of phenols is 1. The van der Waals surface area contributed by atoms with Crippen LogP contribution < -0.4 is 10.0 Å². The molecule has 3 nitrogen and oxygen atoms in total. The Bertz CT molecular complexity index is 712. The first-order valence-electron chi connectivity index (χ1n) is 7.66. The smallest absolute Gasteiger partial charge is 0.161 e. The van der Waals surface area contributed by atoms with Crippen LogP contribution >= 0.6 is 8.58 Å². The summed E-state index contributed by atoms with van der Waals surface area (Å²) in [5, 5.41) is 11.3. The summed E-state index contributed by atoms with van der Waals surface area (Å²) in [5.41, 5.74) is 2.69. The highest BCUT2D eigenvalue weighted by atomic mass is 31.1. The number of aryl methyl sites for hydroxylation is 1. The molecule has 0 aromatic heterocycles. The second-order valence-corrected chi connectivity index (χ2v) is 7.68. The number of hydrogen-bond acceptors (Lipinski definition) is 3. The first-order valence-corrected chi connectivity index (χ1v) is 8.66. The minimum absolute atomic E-state index is 0.188. The van der Waals surface area contributed by atoms with Crippen LogP contribution in [0.1, 0.15) is 41.8 Å². The van der Waals surface area contributed by atoms with Crippen LogP contribution in [0, 0.1) is 6.92 Å². The number of carbonyl (C=O) groups is 1. The van der Waals surface area contributed by atoms with Crippen LogP contribution in [-0.2, 0) is 5.16 Å². The normalized spacial score (nSPS) is 13.9. The van der Waals surface area contributed by atoms with Crippen LogP contribution in [0.2, 0.25) is 0 Å². The molecule has 0 saturated heterocycles. The van der Waals surface area contributed by atoms with E-state index in [1.807, 2.05) is 37.3 Å². The lowest BCUT2D eigenvalue weighted by molar-refractivity contribution is 0.112. The Morgan fingerprint density at radius 1 is 1.26 bits per heavy atom.